The Balaban J connectivity index is 1.50. The van der Waals surface area contributed by atoms with Crippen molar-refractivity contribution in [3.05, 3.63) is 59.9 Å². The number of hydrogen-bond donors (Lipinski definition) is 3. The van der Waals surface area contributed by atoms with Crippen molar-refractivity contribution in [2.75, 3.05) is 11.9 Å². The highest BCUT2D eigenvalue weighted by Crippen LogP contribution is 2.32. The van der Waals surface area contributed by atoms with Crippen molar-refractivity contribution >= 4 is 34.9 Å². The highest BCUT2D eigenvalue weighted by Gasteiger charge is 2.27. The Labute approximate surface area is 186 Å². The van der Waals surface area contributed by atoms with Crippen LogP contribution in [0.5, 0.6) is 0 Å². The summed E-state index contributed by atoms with van der Waals surface area (Å²) in [5.74, 6) is 0.342. The first kappa shape index (κ1) is 21.5. The molecule has 0 radical (unpaired) electrons. The minimum absolute atomic E-state index is 0.0586. The molecular formula is C24H28N6O2. The number of carbonyl (C=O) groups excluding carboxylic acids is 2. The van der Waals surface area contributed by atoms with Gasteiger partial charge in [-0.1, -0.05) is 30.3 Å². The number of hydrogen-bond acceptors (Lipinski definition) is 4. The molecule has 0 unspecified atom stereocenters. The van der Waals surface area contributed by atoms with E-state index in [1.54, 1.807) is 0 Å². The van der Waals surface area contributed by atoms with Crippen LogP contribution >= 0.6 is 0 Å². The molecule has 3 aromatic rings. The van der Waals surface area contributed by atoms with Crippen LogP contribution in [0.2, 0.25) is 0 Å². The molecule has 1 aliphatic rings. The number of aliphatic imine (C=N–C) groups is 1. The first-order valence-corrected chi connectivity index (χ1v) is 10.9. The molecule has 1 aliphatic carbocycles. The van der Waals surface area contributed by atoms with Crippen molar-refractivity contribution in [3.8, 4) is 0 Å². The van der Waals surface area contributed by atoms with Crippen LogP contribution in [0.25, 0.3) is 11.0 Å². The molecule has 0 atom stereocenters. The minimum atomic E-state index is -0.0976. The summed E-state index contributed by atoms with van der Waals surface area (Å²) in [6, 6.07) is 12.0. The number of anilines is 1. The van der Waals surface area contributed by atoms with E-state index in [1.807, 2.05) is 35.0 Å². The van der Waals surface area contributed by atoms with E-state index in [2.05, 4.69) is 27.4 Å². The highest BCUT2D eigenvalue weighted by molar-refractivity contribution is 6.07. The van der Waals surface area contributed by atoms with E-state index >= 15 is 0 Å². The zero-order valence-corrected chi connectivity index (χ0v) is 17.9. The van der Waals surface area contributed by atoms with Crippen LogP contribution in [0.1, 0.15) is 41.6 Å². The Morgan fingerprint density at radius 1 is 1.16 bits per heavy atom. The molecular weight excluding hydrogens is 404 g/mol. The van der Waals surface area contributed by atoms with Gasteiger partial charge in [0.25, 0.3) is 0 Å². The van der Waals surface area contributed by atoms with Crippen LogP contribution in [-0.2, 0) is 11.3 Å². The monoisotopic (exact) mass is 432 g/mol. The second-order valence-electron chi connectivity index (χ2n) is 8.35. The number of benzene rings is 1. The molecule has 1 saturated carbocycles. The third-order valence-corrected chi connectivity index (χ3v) is 6.14. The Kier molecular flexibility index (Phi) is 6.49. The number of nitrogens with zero attached hydrogens (tertiary/aromatic N) is 3. The summed E-state index contributed by atoms with van der Waals surface area (Å²) in [5, 5.41) is 3.79. The van der Waals surface area contributed by atoms with E-state index in [4.69, 9.17) is 11.5 Å². The molecule has 1 aromatic carbocycles. The molecule has 32 heavy (non-hydrogen) atoms. The van der Waals surface area contributed by atoms with Gasteiger partial charge in [0.1, 0.15) is 5.65 Å². The Bertz CT molecular complexity index is 1130. The van der Waals surface area contributed by atoms with Crippen LogP contribution in [0, 0.1) is 11.8 Å². The summed E-state index contributed by atoms with van der Waals surface area (Å²) in [6.07, 6.45) is 7.54. The van der Waals surface area contributed by atoms with Crippen LogP contribution < -0.4 is 16.8 Å². The summed E-state index contributed by atoms with van der Waals surface area (Å²) < 4.78 is 2.02. The van der Waals surface area contributed by atoms with Crippen LogP contribution in [0.4, 0.5) is 5.69 Å². The number of nitrogens with one attached hydrogen (secondary N) is 1. The lowest BCUT2D eigenvalue weighted by Gasteiger charge is -2.27. The molecule has 4 rings (SSSR count). The summed E-state index contributed by atoms with van der Waals surface area (Å²) in [4.78, 5) is 33.3. The smallest absolute Gasteiger partial charge is 0.227 e. The first-order valence-electron chi connectivity index (χ1n) is 10.9. The molecule has 166 valence electrons. The van der Waals surface area contributed by atoms with Gasteiger partial charge in [-0.15, -0.1) is 0 Å². The van der Waals surface area contributed by atoms with Gasteiger partial charge in [-0.3, -0.25) is 14.6 Å². The van der Waals surface area contributed by atoms with Gasteiger partial charge in [-0.05, 0) is 43.2 Å². The molecule has 5 N–H and O–H groups in total. The molecule has 8 heteroatoms. The number of rotatable bonds is 7. The second-order valence-corrected chi connectivity index (χ2v) is 8.35. The lowest BCUT2D eigenvalue weighted by molar-refractivity contribution is -0.121. The quantitative estimate of drug-likeness (QED) is 0.300. The lowest BCUT2D eigenvalue weighted by atomic mass is 9.81. The third-order valence-electron chi connectivity index (χ3n) is 6.14. The van der Waals surface area contributed by atoms with E-state index in [1.165, 1.54) is 6.20 Å². The topological polar surface area (TPSA) is 128 Å². The normalized spacial score (nSPS) is 18.2. The van der Waals surface area contributed by atoms with Crippen LogP contribution in [0.3, 0.4) is 0 Å². The van der Waals surface area contributed by atoms with Gasteiger partial charge in [0.2, 0.25) is 5.91 Å². The van der Waals surface area contributed by atoms with Crippen molar-refractivity contribution in [2.24, 2.45) is 28.3 Å². The summed E-state index contributed by atoms with van der Waals surface area (Å²) in [5.41, 5.74) is 13.6. The first-order chi connectivity index (χ1) is 15.5. The zero-order chi connectivity index (χ0) is 22.5. The van der Waals surface area contributed by atoms with Crippen molar-refractivity contribution in [1.82, 2.24) is 9.55 Å². The minimum Gasteiger partial charge on any atom is -0.370 e. The maximum atomic E-state index is 13.0. The van der Waals surface area contributed by atoms with Gasteiger partial charge >= 0.3 is 0 Å². The van der Waals surface area contributed by atoms with Gasteiger partial charge in [0.15, 0.2) is 12.2 Å². The van der Waals surface area contributed by atoms with Crippen LogP contribution in [0.15, 0.2) is 53.8 Å². The summed E-state index contributed by atoms with van der Waals surface area (Å²) in [6.45, 7) is 1.26. The van der Waals surface area contributed by atoms with Crippen molar-refractivity contribution < 1.29 is 9.59 Å². The van der Waals surface area contributed by atoms with E-state index in [-0.39, 0.29) is 17.8 Å². The van der Waals surface area contributed by atoms with E-state index in [0.29, 0.717) is 30.3 Å². The molecule has 0 saturated heterocycles. The molecule has 0 spiro atoms. The lowest BCUT2D eigenvalue weighted by Crippen LogP contribution is -2.29. The van der Waals surface area contributed by atoms with E-state index < -0.39 is 0 Å². The molecule has 2 aromatic heterocycles. The maximum absolute atomic E-state index is 13.0. The largest absolute Gasteiger partial charge is 0.370 e. The van der Waals surface area contributed by atoms with Crippen molar-refractivity contribution in [2.45, 2.75) is 32.2 Å². The number of aromatic nitrogens is 2. The van der Waals surface area contributed by atoms with Gasteiger partial charge in [0.05, 0.1) is 11.3 Å². The van der Waals surface area contributed by atoms with Gasteiger partial charge in [0, 0.05) is 36.8 Å². The molecule has 0 aliphatic heterocycles. The van der Waals surface area contributed by atoms with Crippen molar-refractivity contribution in [3.63, 3.8) is 0 Å². The fraction of sp³-hybridized carbons (Fsp3) is 0.333. The Morgan fingerprint density at radius 3 is 2.59 bits per heavy atom. The van der Waals surface area contributed by atoms with Gasteiger partial charge < -0.3 is 21.4 Å². The molecule has 2 heterocycles. The van der Waals surface area contributed by atoms with E-state index in [0.717, 1.165) is 48.6 Å². The molecule has 0 bridgehead atoms. The zero-order valence-electron chi connectivity index (χ0n) is 17.9. The number of aldehydes is 1. The van der Waals surface area contributed by atoms with E-state index in [9.17, 15) is 9.59 Å². The number of carbonyl (C=O) groups is 2. The number of amides is 1. The average Bonchev–Trinajstić information content (AvgIpc) is 3.22. The predicted octanol–water partition coefficient (Wildman–Crippen LogP) is 2.92. The summed E-state index contributed by atoms with van der Waals surface area (Å²) in [7, 11) is 0. The number of pyridine rings is 1. The molecule has 1 amide bonds. The van der Waals surface area contributed by atoms with Crippen LogP contribution in [-0.4, -0.2) is 34.2 Å². The fourth-order valence-electron chi connectivity index (χ4n) is 4.36. The van der Waals surface area contributed by atoms with Crippen molar-refractivity contribution in [1.29, 1.82) is 0 Å². The maximum Gasteiger partial charge on any atom is 0.227 e. The second kappa shape index (κ2) is 9.64. The SMILES string of the molecule is NC(N)=NCC1CCC(C(=O)Nc2c(C=O)cnc3c2ccn3Cc2ccccc2)CC1. The molecule has 8 nitrogen and oxygen atoms in total. The number of fused-ring (bicyclic) bond motifs is 1. The Hall–Kier alpha value is -3.68. The Morgan fingerprint density at radius 2 is 1.91 bits per heavy atom. The standard InChI is InChI=1S/C24H28N6O2/c25-24(26)28-12-16-6-8-18(9-7-16)23(32)29-21-19(15-31)13-27-22-20(21)10-11-30(22)14-17-4-2-1-3-5-17/h1-5,10-11,13,15-16,18H,6-9,12,14H2,(H4,25,26,28)(H,27,29,32). The number of guanidine groups is 1. The van der Waals surface area contributed by atoms with Gasteiger partial charge in [-0.2, -0.15) is 0 Å². The fourth-order valence-corrected chi connectivity index (χ4v) is 4.36. The van der Waals surface area contributed by atoms with Gasteiger partial charge in [-0.25, -0.2) is 4.98 Å². The third kappa shape index (κ3) is 4.80. The average molecular weight is 433 g/mol. The molecule has 1 fully saturated rings. The summed E-state index contributed by atoms with van der Waals surface area (Å²) >= 11 is 0. The predicted molar refractivity (Wildman–Crippen MR) is 125 cm³/mol. The highest BCUT2D eigenvalue weighted by atomic mass is 16.2. The number of nitrogens with two attached hydrogens (primary N) is 2.